The van der Waals surface area contributed by atoms with E-state index < -0.39 is 10.0 Å². The summed E-state index contributed by atoms with van der Waals surface area (Å²) in [5.74, 6) is 0.170. The summed E-state index contributed by atoms with van der Waals surface area (Å²) in [6.07, 6.45) is 3.00. The summed E-state index contributed by atoms with van der Waals surface area (Å²) in [4.78, 5) is 16.5. The highest BCUT2D eigenvalue weighted by Crippen LogP contribution is 2.15. The molecule has 0 unspecified atom stereocenters. The Morgan fingerprint density at radius 1 is 0.920 bits per heavy atom. The van der Waals surface area contributed by atoms with E-state index in [4.69, 9.17) is 0 Å². The van der Waals surface area contributed by atoms with Gasteiger partial charge in [0, 0.05) is 39.1 Å². The molecule has 0 N–H and O–H groups in total. The summed E-state index contributed by atoms with van der Waals surface area (Å²) in [5, 5.41) is 0. The number of carbonyl (C=O) groups is 1. The van der Waals surface area contributed by atoms with Crippen molar-refractivity contribution in [2.45, 2.75) is 25.0 Å². The van der Waals surface area contributed by atoms with E-state index in [0.717, 1.165) is 25.2 Å². The zero-order valence-corrected chi connectivity index (χ0v) is 15.5. The summed E-state index contributed by atoms with van der Waals surface area (Å²) in [5.41, 5.74) is 0.798. The number of sulfonamides is 1. The molecule has 1 aromatic carbocycles. The Hall–Kier alpha value is -1.44. The van der Waals surface area contributed by atoms with E-state index in [1.165, 1.54) is 17.1 Å². The quantitative estimate of drug-likeness (QED) is 0.759. The number of amides is 1. The average Bonchev–Trinajstić information content (AvgIpc) is 3.14. The predicted octanol–water partition coefficient (Wildman–Crippen LogP) is 1.15. The molecule has 0 bridgehead atoms. The van der Waals surface area contributed by atoms with Crippen LogP contribution < -0.4 is 0 Å². The van der Waals surface area contributed by atoms with Crippen LogP contribution >= 0.6 is 0 Å². The molecular weight excluding hydrogens is 338 g/mol. The Morgan fingerprint density at radius 3 is 2.20 bits per heavy atom. The number of nitrogens with zero attached hydrogens (tertiary/aromatic N) is 3. The summed E-state index contributed by atoms with van der Waals surface area (Å²) in [6.45, 7) is 4.79. The third-order valence-electron chi connectivity index (χ3n) is 5.02. The van der Waals surface area contributed by atoms with Gasteiger partial charge in [0.15, 0.2) is 0 Å². The van der Waals surface area contributed by atoms with Gasteiger partial charge in [-0.2, -0.15) is 4.31 Å². The van der Waals surface area contributed by atoms with Crippen LogP contribution in [0.2, 0.25) is 0 Å². The summed E-state index contributed by atoms with van der Waals surface area (Å²) in [6, 6.07) is 9.23. The fraction of sp³-hybridized carbons (Fsp3) is 0.611. The maximum absolute atomic E-state index is 12.5. The molecule has 2 aliphatic heterocycles. The van der Waals surface area contributed by atoms with Crippen molar-refractivity contribution < 1.29 is 13.2 Å². The maximum Gasteiger partial charge on any atom is 0.223 e. The van der Waals surface area contributed by atoms with Gasteiger partial charge in [0.2, 0.25) is 15.9 Å². The van der Waals surface area contributed by atoms with Crippen molar-refractivity contribution in [2.75, 3.05) is 45.8 Å². The molecule has 0 radical (unpaired) electrons. The Morgan fingerprint density at radius 2 is 1.56 bits per heavy atom. The normalized spacial score (nSPS) is 20.1. The molecule has 0 aliphatic carbocycles. The zero-order chi connectivity index (χ0) is 17.7. The molecule has 2 saturated heterocycles. The second-order valence-corrected chi connectivity index (χ2v) is 8.79. The van der Waals surface area contributed by atoms with Crippen LogP contribution in [0.15, 0.2) is 30.3 Å². The first-order valence-electron chi connectivity index (χ1n) is 9.06. The van der Waals surface area contributed by atoms with E-state index in [1.54, 1.807) is 0 Å². The fourth-order valence-electron chi connectivity index (χ4n) is 3.51. The van der Waals surface area contributed by atoms with E-state index >= 15 is 0 Å². The van der Waals surface area contributed by atoms with Crippen LogP contribution in [0.1, 0.15) is 24.8 Å². The minimum absolute atomic E-state index is 0.0246. The van der Waals surface area contributed by atoms with Crippen molar-refractivity contribution in [3.8, 4) is 0 Å². The van der Waals surface area contributed by atoms with E-state index in [2.05, 4.69) is 4.90 Å². The second kappa shape index (κ2) is 8.29. The lowest BCUT2D eigenvalue weighted by molar-refractivity contribution is -0.132. The highest BCUT2D eigenvalue weighted by atomic mass is 32.2. The first-order chi connectivity index (χ1) is 12.0. The van der Waals surface area contributed by atoms with Gasteiger partial charge in [0.25, 0.3) is 0 Å². The van der Waals surface area contributed by atoms with E-state index in [0.29, 0.717) is 32.6 Å². The fourth-order valence-corrected chi connectivity index (χ4v) is 5.03. The lowest BCUT2D eigenvalue weighted by Gasteiger charge is -2.34. The van der Waals surface area contributed by atoms with Crippen LogP contribution in [-0.2, 0) is 20.6 Å². The van der Waals surface area contributed by atoms with Crippen molar-refractivity contribution in [1.82, 2.24) is 14.1 Å². The number of benzene rings is 1. The zero-order valence-electron chi connectivity index (χ0n) is 14.6. The molecule has 2 aliphatic rings. The number of rotatable bonds is 6. The number of hydrogen-bond acceptors (Lipinski definition) is 4. The molecule has 0 spiro atoms. The van der Waals surface area contributed by atoms with Crippen LogP contribution in [0.3, 0.4) is 0 Å². The molecule has 1 aromatic rings. The number of hydrogen-bond donors (Lipinski definition) is 0. The van der Waals surface area contributed by atoms with Gasteiger partial charge in [0.1, 0.15) is 0 Å². The van der Waals surface area contributed by atoms with Crippen LogP contribution in [0.5, 0.6) is 0 Å². The smallest absolute Gasteiger partial charge is 0.223 e. The molecule has 25 heavy (non-hydrogen) atoms. The molecule has 2 heterocycles. The lowest BCUT2D eigenvalue weighted by atomic mass is 10.2. The Labute approximate surface area is 150 Å². The van der Waals surface area contributed by atoms with Gasteiger partial charge >= 0.3 is 0 Å². The minimum atomic E-state index is -3.32. The SMILES string of the molecule is O=C(CCN1CCCC1)N1CCN(S(=O)(=O)Cc2ccccc2)CC1. The van der Waals surface area contributed by atoms with Gasteiger partial charge in [-0.3, -0.25) is 4.79 Å². The highest BCUT2D eigenvalue weighted by molar-refractivity contribution is 7.88. The van der Waals surface area contributed by atoms with Crippen molar-refractivity contribution in [3.05, 3.63) is 35.9 Å². The molecule has 0 atom stereocenters. The molecule has 2 fully saturated rings. The van der Waals surface area contributed by atoms with Gasteiger partial charge in [-0.05, 0) is 31.5 Å². The second-order valence-electron chi connectivity index (χ2n) is 6.82. The third kappa shape index (κ3) is 5.03. The highest BCUT2D eigenvalue weighted by Gasteiger charge is 2.29. The molecule has 3 rings (SSSR count). The lowest BCUT2D eigenvalue weighted by Crippen LogP contribution is -2.51. The van der Waals surface area contributed by atoms with Gasteiger partial charge in [-0.15, -0.1) is 0 Å². The van der Waals surface area contributed by atoms with Gasteiger partial charge in [-0.25, -0.2) is 8.42 Å². The molecular formula is C18H27N3O3S. The van der Waals surface area contributed by atoms with E-state index in [-0.39, 0.29) is 11.7 Å². The maximum atomic E-state index is 12.5. The first kappa shape index (κ1) is 18.4. The van der Waals surface area contributed by atoms with Gasteiger partial charge in [-0.1, -0.05) is 30.3 Å². The van der Waals surface area contributed by atoms with Crippen LogP contribution in [0.4, 0.5) is 0 Å². The van der Waals surface area contributed by atoms with Gasteiger partial charge in [0.05, 0.1) is 5.75 Å². The number of likely N-dealkylation sites (tertiary alicyclic amines) is 1. The minimum Gasteiger partial charge on any atom is -0.340 e. The van der Waals surface area contributed by atoms with Crippen molar-refractivity contribution in [3.63, 3.8) is 0 Å². The summed E-state index contributed by atoms with van der Waals surface area (Å²) < 4.78 is 26.6. The van der Waals surface area contributed by atoms with Crippen LogP contribution in [-0.4, -0.2) is 74.2 Å². The molecule has 6 nitrogen and oxygen atoms in total. The molecule has 0 aromatic heterocycles. The molecule has 138 valence electrons. The monoisotopic (exact) mass is 365 g/mol. The number of carbonyl (C=O) groups excluding carboxylic acids is 1. The first-order valence-corrected chi connectivity index (χ1v) is 10.7. The predicted molar refractivity (Wildman–Crippen MR) is 97.5 cm³/mol. The molecule has 1 amide bonds. The molecule has 7 heteroatoms. The summed E-state index contributed by atoms with van der Waals surface area (Å²) >= 11 is 0. The van der Waals surface area contributed by atoms with E-state index in [1.807, 2.05) is 35.2 Å². The average molecular weight is 365 g/mol. The largest absolute Gasteiger partial charge is 0.340 e. The van der Waals surface area contributed by atoms with Crippen molar-refractivity contribution in [2.24, 2.45) is 0 Å². The Bertz CT molecular complexity index is 664. The number of piperazine rings is 1. The Balaban J connectivity index is 1.46. The van der Waals surface area contributed by atoms with Crippen LogP contribution in [0, 0.1) is 0 Å². The Kier molecular flexibility index (Phi) is 6.09. The van der Waals surface area contributed by atoms with E-state index in [9.17, 15) is 13.2 Å². The van der Waals surface area contributed by atoms with Crippen molar-refractivity contribution >= 4 is 15.9 Å². The third-order valence-corrected chi connectivity index (χ3v) is 6.87. The van der Waals surface area contributed by atoms with Crippen molar-refractivity contribution in [1.29, 1.82) is 0 Å². The summed E-state index contributed by atoms with van der Waals surface area (Å²) in [7, 11) is -3.32. The van der Waals surface area contributed by atoms with Crippen LogP contribution in [0.25, 0.3) is 0 Å². The standard InChI is InChI=1S/C18H27N3O3S/c22-18(8-11-19-9-4-5-10-19)20-12-14-21(15-13-20)25(23,24)16-17-6-2-1-3-7-17/h1-3,6-7H,4-5,8-16H2. The van der Waals surface area contributed by atoms with Gasteiger partial charge < -0.3 is 9.80 Å². The topological polar surface area (TPSA) is 60.9 Å². The molecule has 0 saturated carbocycles.